The minimum Gasteiger partial charge on any atom is -0.326 e. The molecule has 0 fully saturated rings. The fraction of sp³-hybridized carbons (Fsp3) is 0.235. The molecule has 0 aliphatic rings. The van der Waals surface area contributed by atoms with Gasteiger partial charge in [0.1, 0.15) is 16.9 Å². The largest absolute Gasteiger partial charge is 0.326 e. The number of carbonyl (C=O) groups is 2. The Balaban J connectivity index is 2.34. The molecule has 1 aromatic carbocycles. The van der Waals surface area contributed by atoms with Gasteiger partial charge in [-0.05, 0) is 37.1 Å². The summed E-state index contributed by atoms with van der Waals surface area (Å²) in [7, 11) is 0. The first kappa shape index (κ1) is 17.6. The molecule has 0 spiro atoms. The van der Waals surface area contributed by atoms with E-state index in [4.69, 9.17) is 0 Å². The standard InChI is InChI=1S/C17H16FN3O2S/c1-4-12-9(2)24-17(14(12)8-19)21-16(23)13-7-11(20-10(3)22)5-6-15(13)18/h5-7H,4H2,1-3H3,(H,20,22)(H,21,23). The molecule has 124 valence electrons. The predicted molar refractivity (Wildman–Crippen MR) is 91.8 cm³/mol. The van der Waals surface area contributed by atoms with Gasteiger partial charge in [0.25, 0.3) is 5.91 Å². The molecule has 0 atom stereocenters. The highest BCUT2D eigenvalue weighted by molar-refractivity contribution is 7.16. The van der Waals surface area contributed by atoms with Crippen molar-refractivity contribution < 1.29 is 14.0 Å². The molecular formula is C17H16FN3O2S. The van der Waals surface area contributed by atoms with Gasteiger partial charge in [0.15, 0.2) is 0 Å². The maximum absolute atomic E-state index is 14.0. The molecule has 2 N–H and O–H groups in total. The van der Waals surface area contributed by atoms with Gasteiger partial charge in [-0.25, -0.2) is 4.39 Å². The second-order valence-electron chi connectivity index (χ2n) is 5.14. The van der Waals surface area contributed by atoms with Crippen LogP contribution in [-0.2, 0) is 11.2 Å². The summed E-state index contributed by atoms with van der Waals surface area (Å²) in [5.41, 5.74) is 1.41. The van der Waals surface area contributed by atoms with E-state index in [-0.39, 0.29) is 11.5 Å². The number of nitriles is 1. The van der Waals surface area contributed by atoms with Crippen LogP contribution in [-0.4, -0.2) is 11.8 Å². The lowest BCUT2D eigenvalue weighted by Gasteiger charge is -2.08. The quantitative estimate of drug-likeness (QED) is 0.883. The molecule has 1 aromatic heterocycles. The van der Waals surface area contributed by atoms with Gasteiger partial charge < -0.3 is 10.6 Å². The van der Waals surface area contributed by atoms with Crippen molar-refractivity contribution in [3.05, 3.63) is 45.6 Å². The van der Waals surface area contributed by atoms with Crippen molar-refractivity contribution in [1.82, 2.24) is 0 Å². The van der Waals surface area contributed by atoms with E-state index in [9.17, 15) is 19.2 Å². The monoisotopic (exact) mass is 345 g/mol. The Morgan fingerprint density at radius 2 is 2.04 bits per heavy atom. The zero-order valence-corrected chi connectivity index (χ0v) is 14.3. The molecule has 24 heavy (non-hydrogen) atoms. The summed E-state index contributed by atoms with van der Waals surface area (Å²) in [5.74, 6) is -1.69. The number of nitrogens with zero attached hydrogens (tertiary/aromatic N) is 1. The number of amides is 2. The van der Waals surface area contributed by atoms with Crippen molar-refractivity contribution in [1.29, 1.82) is 5.26 Å². The Morgan fingerprint density at radius 1 is 1.33 bits per heavy atom. The number of hydrogen-bond acceptors (Lipinski definition) is 4. The number of aryl methyl sites for hydroxylation is 1. The van der Waals surface area contributed by atoms with Gasteiger partial charge in [-0.1, -0.05) is 6.92 Å². The summed E-state index contributed by atoms with van der Waals surface area (Å²) in [6, 6.07) is 5.84. The predicted octanol–water partition coefficient (Wildman–Crippen LogP) is 3.84. The topological polar surface area (TPSA) is 82.0 Å². The minimum absolute atomic E-state index is 0.200. The Hall–Kier alpha value is -2.72. The molecule has 2 aromatic rings. The van der Waals surface area contributed by atoms with Crippen LogP contribution in [0.1, 0.15) is 40.2 Å². The number of hydrogen-bond donors (Lipinski definition) is 2. The molecule has 0 radical (unpaired) electrons. The second kappa shape index (κ2) is 7.23. The van der Waals surface area contributed by atoms with Crippen molar-refractivity contribution in [2.75, 3.05) is 10.6 Å². The SMILES string of the molecule is CCc1c(C)sc(NC(=O)c2cc(NC(C)=O)ccc2F)c1C#N. The molecule has 2 rings (SSSR count). The highest BCUT2D eigenvalue weighted by atomic mass is 32.1. The maximum atomic E-state index is 14.0. The first-order valence-corrected chi connectivity index (χ1v) is 8.09. The smallest absolute Gasteiger partial charge is 0.259 e. The van der Waals surface area contributed by atoms with Crippen LogP contribution in [0.15, 0.2) is 18.2 Å². The second-order valence-corrected chi connectivity index (χ2v) is 6.36. The first-order valence-electron chi connectivity index (χ1n) is 7.28. The van der Waals surface area contributed by atoms with Crippen molar-refractivity contribution >= 4 is 33.8 Å². The Labute approximate surface area is 143 Å². The van der Waals surface area contributed by atoms with Gasteiger partial charge in [0.2, 0.25) is 5.91 Å². The van der Waals surface area contributed by atoms with Crippen LogP contribution >= 0.6 is 11.3 Å². The molecule has 5 nitrogen and oxygen atoms in total. The van der Waals surface area contributed by atoms with Crippen molar-refractivity contribution in [3.63, 3.8) is 0 Å². The van der Waals surface area contributed by atoms with E-state index in [2.05, 4.69) is 16.7 Å². The van der Waals surface area contributed by atoms with E-state index in [0.29, 0.717) is 22.7 Å². The van der Waals surface area contributed by atoms with Crippen LogP contribution < -0.4 is 10.6 Å². The van der Waals surface area contributed by atoms with Crippen molar-refractivity contribution in [2.24, 2.45) is 0 Å². The van der Waals surface area contributed by atoms with E-state index in [1.54, 1.807) is 0 Å². The molecular weight excluding hydrogens is 329 g/mol. The molecule has 0 aliphatic carbocycles. The molecule has 0 bridgehead atoms. The number of thiophene rings is 1. The number of rotatable bonds is 4. The Bertz CT molecular complexity index is 852. The summed E-state index contributed by atoms with van der Waals surface area (Å²) in [4.78, 5) is 24.4. The number of carbonyl (C=O) groups excluding carboxylic acids is 2. The Morgan fingerprint density at radius 3 is 2.62 bits per heavy atom. The third-order valence-corrected chi connectivity index (χ3v) is 4.50. The van der Waals surface area contributed by atoms with Gasteiger partial charge in [-0.15, -0.1) is 11.3 Å². The number of anilines is 2. The third-order valence-electron chi connectivity index (χ3n) is 3.43. The van der Waals surface area contributed by atoms with E-state index in [0.717, 1.165) is 16.5 Å². The number of benzene rings is 1. The minimum atomic E-state index is -0.705. The highest BCUT2D eigenvalue weighted by Gasteiger charge is 2.19. The lowest BCUT2D eigenvalue weighted by Crippen LogP contribution is -2.15. The van der Waals surface area contributed by atoms with Crippen molar-refractivity contribution in [2.45, 2.75) is 27.2 Å². The summed E-state index contributed by atoms with van der Waals surface area (Å²) in [6.07, 6.45) is 0.674. The fourth-order valence-electron chi connectivity index (χ4n) is 2.36. The summed E-state index contributed by atoms with van der Waals surface area (Å²) in [6.45, 7) is 5.12. The van der Waals surface area contributed by atoms with E-state index in [1.807, 2.05) is 13.8 Å². The van der Waals surface area contributed by atoms with Crippen molar-refractivity contribution in [3.8, 4) is 6.07 Å². The summed E-state index contributed by atoms with van der Waals surface area (Å²) < 4.78 is 14.0. The zero-order valence-electron chi connectivity index (χ0n) is 13.5. The van der Waals surface area contributed by atoms with Gasteiger partial charge in [-0.3, -0.25) is 9.59 Å². The third kappa shape index (κ3) is 3.60. The van der Waals surface area contributed by atoms with Crippen LogP contribution in [0.2, 0.25) is 0 Å². The van der Waals surface area contributed by atoms with Gasteiger partial charge in [0.05, 0.1) is 11.1 Å². The average Bonchev–Trinajstić information content (AvgIpc) is 2.82. The van der Waals surface area contributed by atoms with Crippen LogP contribution in [0.4, 0.5) is 15.1 Å². The van der Waals surface area contributed by atoms with E-state index in [1.165, 1.54) is 30.4 Å². The normalized spacial score (nSPS) is 10.1. The number of halogens is 1. The summed E-state index contributed by atoms with van der Waals surface area (Å²) >= 11 is 1.29. The van der Waals surface area contributed by atoms with Gasteiger partial charge >= 0.3 is 0 Å². The van der Waals surface area contributed by atoms with Crippen LogP contribution in [0.5, 0.6) is 0 Å². The lowest BCUT2D eigenvalue weighted by atomic mass is 10.1. The number of nitrogens with one attached hydrogen (secondary N) is 2. The average molecular weight is 345 g/mol. The molecule has 0 saturated carbocycles. The van der Waals surface area contributed by atoms with Crippen LogP contribution in [0.25, 0.3) is 0 Å². The summed E-state index contributed by atoms with van der Waals surface area (Å²) in [5, 5.41) is 14.8. The molecule has 7 heteroatoms. The van der Waals surface area contributed by atoms with E-state index >= 15 is 0 Å². The van der Waals surface area contributed by atoms with Gasteiger partial charge in [-0.2, -0.15) is 5.26 Å². The van der Waals surface area contributed by atoms with Gasteiger partial charge in [0, 0.05) is 17.5 Å². The maximum Gasteiger partial charge on any atom is 0.259 e. The molecule has 0 unspecified atom stereocenters. The van der Waals surface area contributed by atoms with Crippen LogP contribution in [0.3, 0.4) is 0 Å². The molecule has 2 amide bonds. The van der Waals surface area contributed by atoms with E-state index < -0.39 is 11.7 Å². The fourth-order valence-corrected chi connectivity index (χ4v) is 3.45. The highest BCUT2D eigenvalue weighted by Crippen LogP contribution is 2.33. The molecule has 0 saturated heterocycles. The first-order chi connectivity index (χ1) is 11.4. The van der Waals surface area contributed by atoms with Crippen LogP contribution in [0, 0.1) is 24.1 Å². The molecule has 1 heterocycles. The zero-order chi connectivity index (χ0) is 17.9. The molecule has 0 aliphatic heterocycles. The Kier molecular flexibility index (Phi) is 5.31. The lowest BCUT2D eigenvalue weighted by molar-refractivity contribution is -0.114.